The smallest absolute Gasteiger partial charge is 0.257 e. The van der Waals surface area contributed by atoms with Crippen LogP contribution in [0.2, 0.25) is 0 Å². The van der Waals surface area contributed by atoms with E-state index >= 15 is 0 Å². The molecule has 2 aliphatic heterocycles. The Morgan fingerprint density at radius 2 is 2.16 bits per heavy atom. The molecule has 0 unspecified atom stereocenters. The number of piperidine rings is 1. The Labute approximate surface area is 112 Å². The number of nitrogens with one attached hydrogen (secondary N) is 1. The van der Waals surface area contributed by atoms with Crippen LogP contribution in [0.4, 0.5) is 5.69 Å². The van der Waals surface area contributed by atoms with Gasteiger partial charge in [0.1, 0.15) is 6.61 Å². The summed E-state index contributed by atoms with van der Waals surface area (Å²) in [6.07, 6.45) is 1.03. The van der Waals surface area contributed by atoms with Crippen molar-refractivity contribution in [3.8, 4) is 5.75 Å². The molecule has 19 heavy (non-hydrogen) atoms. The van der Waals surface area contributed by atoms with Gasteiger partial charge in [0.05, 0.1) is 17.4 Å². The highest BCUT2D eigenvalue weighted by Crippen LogP contribution is 2.32. The molecule has 2 aliphatic rings. The summed E-state index contributed by atoms with van der Waals surface area (Å²) in [5.74, 6) is 0.650. The number of para-hydroxylation sites is 1. The first-order chi connectivity index (χ1) is 9.25. The zero-order valence-corrected chi connectivity index (χ0v) is 10.8. The van der Waals surface area contributed by atoms with E-state index < -0.39 is 0 Å². The van der Waals surface area contributed by atoms with Gasteiger partial charge in [-0.25, -0.2) is 0 Å². The normalized spacial score (nSPS) is 19.3. The van der Waals surface area contributed by atoms with Crippen LogP contribution in [0.15, 0.2) is 18.2 Å². The first kappa shape index (κ1) is 12.3. The van der Waals surface area contributed by atoms with E-state index in [9.17, 15) is 9.90 Å². The predicted octanol–water partition coefficient (Wildman–Crippen LogP) is 1.09. The van der Waals surface area contributed by atoms with Gasteiger partial charge < -0.3 is 20.1 Å². The van der Waals surface area contributed by atoms with Crippen LogP contribution >= 0.6 is 0 Å². The van der Waals surface area contributed by atoms with E-state index in [1.807, 2.05) is 12.1 Å². The summed E-state index contributed by atoms with van der Waals surface area (Å²) in [5.41, 5.74) is 1.50. The Bertz CT molecular complexity index is 482. The lowest BCUT2D eigenvalue weighted by atomic mass is 10.1. The fourth-order valence-corrected chi connectivity index (χ4v) is 2.58. The molecule has 0 spiro atoms. The van der Waals surface area contributed by atoms with Gasteiger partial charge in [0.2, 0.25) is 0 Å². The van der Waals surface area contributed by atoms with E-state index in [0.29, 0.717) is 43.9 Å². The maximum atomic E-state index is 12.5. The number of anilines is 1. The van der Waals surface area contributed by atoms with Crippen molar-refractivity contribution < 1.29 is 14.6 Å². The summed E-state index contributed by atoms with van der Waals surface area (Å²) >= 11 is 0. The van der Waals surface area contributed by atoms with E-state index in [1.54, 1.807) is 11.0 Å². The Hall–Kier alpha value is -1.75. The van der Waals surface area contributed by atoms with Gasteiger partial charge in [-0.1, -0.05) is 6.07 Å². The Morgan fingerprint density at radius 3 is 2.95 bits per heavy atom. The van der Waals surface area contributed by atoms with Crippen LogP contribution in [0.25, 0.3) is 0 Å². The SMILES string of the molecule is O=C(c1cccc2c1OCCN2)N1CCC(O)CC1. The van der Waals surface area contributed by atoms with Crippen LogP contribution in [0.5, 0.6) is 5.75 Å². The second-order valence-electron chi connectivity index (χ2n) is 4.98. The molecule has 5 nitrogen and oxygen atoms in total. The van der Waals surface area contributed by atoms with Crippen molar-refractivity contribution in [1.82, 2.24) is 4.90 Å². The van der Waals surface area contributed by atoms with Gasteiger partial charge in [0, 0.05) is 19.6 Å². The molecule has 3 rings (SSSR count). The molecule has 2 N–H and O–H groups in total. The molecule has 1 aromatic carbocycles. The number of ether oxygens (including phenoxy) is 1. The van der Waals surface area contributed by atoms with Crippen molar-refractivity contribution in [3.05, 3.63) is 23.8 Å². The molecule has 1 saturated heterocycles. The zero-order valence-electron chi connectivity index (χ0n) is 10.8. The number of aliphatic hydroxyl groups is 1. The molecule has 1 amide bonds. The van der Waals surface area contributed by atoms with Crippen molar-refractivity contribution >= 4 is 11.6 Å². The van der Waals surface area contributed by atoms with Crippen LogP contribution < -0.4 is 10.1 Å². The fraction of sp³-hybridized carbons (Fsp3) is 0.500. The standard InChI is InChI=1S/C14H18N2O3/c17-10-4-7-16(8-5-10)14(18)11-2-1-3-12-13(11)19-9-6-15-12/h1-3,10,15,17H,4-9H2. The molecular formula is C14H18N2O3. The van der Waals surface area contributed by atoms with Gasteiger partial charge in [-0.05, 0) is 25.0 Å². The number of amides is 1. The Morgan fingerprint density at radius 1 is 1.37 bits per heavy atom. The third-order valence-electron chi connectivity index (χ3n) is 3.66. The van der Waals surface area contributed by atoms with Gasteiger partial charge in [-0.3, -0.25) is 4.79 Å². The summed E-state index contributed by atoms with van der Waals surface area (Å²) < 4.78 is 5.63. The summed E-state index contributed by atoms with van der Waals surface area (Å²) in [6.45, 7) is 2.56. The molecule has 5 heteroatoms. The molecule has 102 valence electrons. The molecule has 0 atom stereocenters. The number of fused-ring (bicyclic) bond motifs is 1. The Kier molecular flexibility index (Phi) is 3.29. The molecule has 1 fully saturated rings. The average molecular weight is 262 g/mol. The lowest BCUT2D eigenvalue weighted by molar-refractivity contribution is 0.0543. The first-order valence-corrected chi connectivity index (χ1v) is 6.73. The third kappa shape index (κ3) is 2.38. The number of aliphatic hydroxyl groups excluding tert-OH is 1. The molecular weight excluding hydrogens is 244 g/mol. The number of likely N-dealkylation sites (tertiary alicyclic amines) is 1. The van der Waals surface area contributed by atoms with Gasteiger partial charge in [-0.2, -0.15) is 0 Å². The van der Waals surface area contributed by atoms with Gasteiger partial charge in [0.15, 0.2) is 5.75 Å². The second-order valence-corrected chi connectivity index (χ2v) is 4.98. The van der Waals surface area contributed by atoms with Gasteiger partial charge >= 0.3 is 0 Å². The van der Waals surface area contributed by atoms with E-state index in [4.69, 9.17) is 4.74 Å². The van der Waals surface area contributed by atoms with Crippen LogP contribution in [0.3, 0.4) is 0 Å². The third-order valence-corrected chi connectivity index (χ3v) is 3.66. The van der Waals surface area contributed by atoms with Gasteiger partial charge in [0.25, 0.3) is 5.91 Å². The Balaban J connectivity index is 1.83. The van der Waals surface area contributed by atoms with Crippen LogP contribution in [-0.4, -0.2) is 48.3 Å². The number of carbonyl (C=O) groups is 1. The largest absolute Gasteiger partial charge is 0.489 e. The minimum absolute atomic E-state index is 0.00699. The number of hydrogen-bond acceptors (Lipinski definition) is 4. The van der Waals surface area contributed by atoms with Crippen molar-refractivity contribution in [1.29, 1.82) is 0 Å². The molecule has 0 bridgehead atoms. The maximum absolute atomic E-state index is 12.5. The summed E-state index contributed by atoms with van der Waals surface area (Å²) in [7, 11) is 0. The van der Waals surface area contributed by atoms with E-state index in [1.165, 1.54) is 0 Å². The molecule has 0 radical (unpaired) electrons. The highest BCUT2D eigenvalue weighted by atomic mass is 16.5. The minimum Gasteiger partial charge on any atom is -0.489 e. The van der Waals surface area contributed by atoms with Crippen LogP contribution in [0.1, 0.15) is 23.2 Å². The minimum atomic E-state index is -0.272. The van der Waals surface area contributed by atoms with Crippen molar-refractivity contribution in [2.45, 2.75) is 18.9 Å². The predicted molar refractivity (Wildman–Crippen MR) is 71.6 cm³/mol. The molecule has 1 aromatic rings. The fourth-order valence-electron chi connectivity index (χ4n) is 2.58. The maximum Gasteiger partial charge on any atom is 0.257 e. The molecule has 0 saturated carbocycles. The molecule has 2 heterocycles. The van der Waals surface area contributed by atoms with Crippen LogP contribution in [0, 0.1) is 0 Å². The van der Waals surface area contributed by atoms with E-state index in [2.05, 4.69) is 5.32 Å². The highest BCUT2D eigenvalue weighted by molar-refractivity contribution is 5.99. The molecule has 0 aliphatic carbocycles. The first-order valence-electron chi connectivity index (χ1n) is 6.73. The molecule has 0 aromatic heterocycles. The number of benzene rings is 1. The monoisotopic (exact) mass is 262 g/mol. The van der Waals surface area contributed by atoms with E-state index in [0.717, 1.165) is 12.2 Å². The van der Waals surface area contributed by atoms with Crippen LogP contribution in [-0.2, 0) is 0 Å². The number of hydrogen-bond donors (Lipinski definition) is 2. The van der Waals surface area contributed by atoms with Crippen molar-refractivity contribution in [2.75, 3.05) is 31.6 Å². The summed E-state index contributed by atoms with van der Waals surface area (Å²) in [5, 5.41) is 12.7. The lowest BCUT2D eigenvalue weighted by Crippen LogP contribution is -2.40. The van der Waals surface area contributed by atoms with Crippen molar-refractivity contribution in [3.63, 3.8) is 0 Å². The quantitative estimate of drug-likeness (QED) is 0.795. The average Bonchev–Trinajstić information content (AvgIpc) is 2.47. The van der Waals surface area contributed by atoms with Gasteiger partial charge in [-0.15, -0.1) is 0 Å². The second kappa shape index (κ2) is 5.09. The zero-order chi connectivity index (χ0) is 13.2. The van der Waals surface area contributed by atoms with Crippen molar-refractivity contribution in [2.24, 2.45) is 0 Å². The van der Waals surface area contributed by atoms with E-state index in [-0.39, 0.29) is 12.0 Å². The number of rotatable bonds is 1. The number of nitrogens with zero attached hydrogens (tertiary/aromatic N) is 1. The number of carbonyl (C=O) groups excluding carboxylic acids is 1. The highest BCUT2D eigenvalue weighted by Gasteiger charge is 2.26. The lowest BCUT2D eigenvalue weighted by Gasteiger charge is -2.31. The topological polar surface area (TPSA) is 61.8 Å². The summed E-state index contributed by atoms with van der Waals surface area (Å²) in [6, 6.07) is 5.59. The summed E-state index contributed by atoms with van der Waals surface area (Å²) in [4.78, 5) is 14.3.